The molecule has 0 spiro atoms. The minimum absolute atomic E-state index is 0.388. The van der Waals surface area contributed by atoms with Crippen molar-refractivity contribution in [1.82, 2.24) is 4.98 Å². The highest BCUT2D eigenvalue weighted by Crippen LogP contribution is 2.30. The van der Waals surface area contributed by atoms with Gasteiger partial charge in [0.05, 0.1) is 5.56 Å². The molecule has 0 aliphatic rings. The molecule has 4 nitrogen and oxygen atoms in total. The summed E-state index contributed by atoms with van der Waals surface area (Å²) in [6.45, 7) is 8.16. The lowest BCUT2D eigenvalue weighted by molar-refractivity contribution is 0.480. The lowest BCUT2D eigenvalue weighted by Crippen LogP contribution is -2.06. The van der Waals surface area contributed by atoms with Gasteiger partial charge in [0.2, 0.25) is 0 Å². The van der Waals surface area contributed by atoms with E-state index in [-0.39, 0.29) is 0 Å². The first-order valence-electron chi connectivity index (χ1n) is 9.76. The predicted molar refractivity (Wildman–Crippen MR) is 123 cm³/mol. The highest BCUT2D eigenvalue weighted by Gasteiger charge is 2.14. The zero-order valence-corrected chi connectivity index (χ0v) is 18.0. The van der Waals surface area contributed by atoms with E-state index in [1.165, 1.54) is 11.1 Å². The summed E-state index contributed by atoms with van der Waals surface area (Å²) in [5.41, 5.74) is 10.2. The van der Waals surface area contributed by atoms with Crippen LogP contribution in [0.3, 0.4) is 0 Å². The number of thiocarbonyl (C=S) groups is 1. The van der Waals surface area contributed by atoms with Crippen molar-refractivity contribution >= 4 is 28.6 Å². The number of nitrogens with two attached hydrogens (primary N) is 1. The van der Waals surface area contributed by atoms with Crippen molar-refractivity contribution in [3.8, 4) is 11.5 Å². The second kappa shape index (κ2) is 10.7. The molecule has 0 amide bonds. The van der Waals surface area contributed by atoms with E-state index in [2.05, 4.69) is 36.0 Å². The summed E-state index contributed by atoms with van der Waals surface area (Å²) in [7, 11) is 0. The van der Waals surface area contributed by atoms with Gasteiger partial charge in [0.15, 0.2) is 0 Å². The standard InChI is InChI=1S/C23H29N3OS/c1-5-8-17-15-18(10-11-19(17)20(9-6-2)25-13-7-3)27-21-12-14-26-23(24)22(21)16(4)28/h7,10-15H,5-6,8-9H2,1-4H3,(H2,24,26)/b13-7-,25-20?. The van der Waals surface area contributed by atoms with Gasteiger partial charge in [-0.05, 0) is 62.1 Å². The van der Waals surface area contributed by atoms with Gasteiger partial charge >= 0.3 is 0 Å². The van der Waals surface area contributed by atoms with Crippen LogP contribution in [0.25, 0.3) is 0 Å². The van der Waals surface area contributed by atoms with Crippen LogP contribution in [-0.4, -0.2) is 15.6 Å². The van der Waals surface area contributed by atoms with E-state index in [4.69, 9.17) is 22.7 Å². The number of rotatable bonds is 9. The Morgan fingerprint density at radius 3 is 2.68 bits per heavy atom. The fraction of sp³-hybridized carbons (Fsp3) is 0.348. The van der Waals surface area contributed by atoms with Crippen LogP contribution < -0.4 is 10.5 Å². The van der Waals surface area contributed by atoms with Gasteiger partial charge in [-0.2, -0.15) is 0 Å². The zero-order valence-electron chi connectivity index (χ0n) is 17.2. The maximum absolute atomic E-state index is 6.15. The molecule has 5 heteroatoms. The third-order valence-electron chi connectivity index (χ3n) is 4.30. The van der Waals surface area contributed by atoms with Crippen LogP contribution in [0.15, 0.2) is 47.7 Å². The largest absolute Gasteiger partial charge is 0.456 e. The second-order valence-corrected chi connectivity index (χ2v) is 7.22. The fourth-order valence-electron chi connectivity index (χ4n) is 3.09. The average molecular weight is 396 g/mol. The van der Waals surface area contributed by atoms with E-state index in [0.29, 0.717) is 22.0 Å². The average Bonchev–Trinajstić information content (AvgIpc) is 2.66. The molecule has 28 heavy (non-hydrogen) atoms. The van der Waals surface area contributed by atoms with Crippen LogP contribution in [0.5, 0.6) is 11.5 Å². The normalized spacial score (nSPS) is 11.8. The monoisotopic (exact) mass is 395 g/mol. The number of nitrogen functional groups attached to an aromatic ring is 1. The Labute approximate surface area is 173 Å². The molecule has 0 saturated carbocycles. The topological polar surface area (TPSA) is 60.5 Å². The minimum Gasteiger partial charge on any atom is -0.456 e. The Morgan fingerprint density at radius 1 is 1.25 bits per heavy atom. The van der Waals surface area contributed by atoms with Gasteiger partial charge in [0, 0.05) is 23.0 Å². The summed E-state index contributed by atoms with van der Waals surface area (Å²) >= 11 is 5.32. The van der Waals surface area contributed by atoms with Gasteiger partial charge in [-0.1, -0.05) is 45.0 Å². The van der Waals surface area contributed by atoms with Crippen molar-refractivity contribution < 1.29 is 4.74 Å². The first-order valence-corrected chi connectivity index (χ1v) is 10.2. The van der Waals surface area contributed by atoms with Crippen LogP contribution in [0.2, 0.25) is 0 Å². The molecule has 0 aliphatic carbocycles. The van der Waals surface area contributed by atoms with Gasteiger partial charge in [0.25, 0.3) is 0 Å². The summed E-state index contributed by atoms with van der Waals surface area (Å²) in [4.78, 5) is 9.45. The molecule has 0 aliphatic heterocycles. The minimum atomic E-state index is 0.388. The zero-order chi connectivity index (χ0) is 20.5. The number of anilines is 1. The number of hydrogen-bond donors (Lipinski definition) is 1. The number of benzene rings is 1. The van der Waals surface area contributed by atoms with E-state index in [0.717, 1.165) is 37.1 Å². The Kier molecular flexibility index (Phi) is 8.33. The van der Waals surface area contributed by atoms with E-state index >= 15 is 0 Å². The first kappa shape index (κ1) is 21.8. The molecule has 0 radical (unpaired) electrons. The van der Waals surface area contributed by atoms with E-state index in [9.17, 15) is 0 Å². The molecule has 0 bridgehead atoms. The maximum atomic E-state index is 6.15. The maximum Gasteiger partial charge on any atom is 0.141 e. The predicted octanol–water partition coefficient (Wildman–Crippen LogP) is 6.27. The molecule has 148 valence electrons. The van der Waals surface area contributed by atoms with Gasteiger partial charge in [0.1, 0.15) is 17.3 Å². The first-order chi connectivity index (χ1) is 13.5. The van der Waals surface area contributed by atoms with Gasteiger partial charge in [-0.3, -0.25) is 4.99 Å². The van der Waals surface area contributed by atoms with Gasteiger partial charge in [-0.25, -0.2) is 4.98 Å². The van der Waals surface area contributed by atoms with Crippen molar-refractivity contribution in [3.63, 3.8) is 0 Å². The summed E-state index contributed by atoms with van der Waals surface area (Å²) in [5, 5.41) is 0. The third-order valence-corrected chi connectivity index (χ3v) is 4.50. The molecular weight excluding hydrogens is 366 g/mol. The fourth-order valence-corrected chi connectivity index (χ4v) is 3.29. The van der Waals surface area contributed by atoms with Crippen molar-refractivity contribution in [3.05, 3.63) is 59.4 Å². The SMILES string of the molecule is C/C=C\N=C(CCC)c1ccc(Oc2ccnc(N)c2C(C)=S)cc1CCC. The Bertz CT molecular complexity index is 887. The Balaban J connectivity index is 2.45. The number of aliphatic imine (C=N–C) groups is 1. The van der Waals surface area contributed by atoms with Crippen LogP contribution in [0.1, 0.15) is 63.6 Å². The molecule has 0 atom stereocenters. The molecular formula is C23H29N3OS. The number of aryl methyl sites for hydroxylation is 1. The van der Waals surface area contributed by atoms with E-state index in [1.807, 2.05) is 32.2 Å². The quantitative estimate of drug-likeness (QED) is 0.309. The number of pyridine rings is 1. The number of allylic oxidation sites excluding steroid dienone is 1. The summed E-state index contributed by atoms with van der Waals surface area (Å²) in [5.74, 6) is 1.78. The summed E-state index contributed by atoms with van der Waals surface area (Å²) < 4.78 is 6.15. The molecule has 1 aromatic carbocycles. The van der Waals surface area contributed by atoms with Crippen molar-refractivity contribution in [1.29, 1.82) is 0 Å². The number of nitrogens with zero attached hydrogens (tertiary/aromatic N) is 2. The smallest absolute Gasteiger partial charge is 0.141 e. The second-order valence-electron chi connectivity index (χ2n) is 6.60. The van der Waals surface area contributed by atoms with Crippen LogP contribution >= 0.6 is 12.2 Å². The molecule has 2 rings (SSSR count). The van der Waals surface area contributed by atoms with Crippen LogP contribution in [0, 0.1) is 0 Å². The number of aromatic nitrogens is 1. The number of hydrogen-bond acceptors (Lipinski definition) is 5. The van der Waals surface area contributed by atoms with Crippen molar-refractivity contribution in [2.24, 2.45) is 4.99 Å². The molecule has 2 aromatic rings. The van der Waals surface area contributed by atoms with Gasteiger partial charge < -0.3 is 10.5 Å². The highest BCUT2D eigenvalue weighted by molar-refractivity contribution is 7.80. The third kappa shape index (κ3) is 5.49. The van der Waals surface area contributed by atoms with Crippen molar-refractivity contribution in [2.75, 3.05) is 5.73 Å². The molecule has 0 fully saturated rings. The molecule has 2 N–H and O–H groups in total. The van der Waals surface area contributed by atoms with Gasteiger partial charge in [-0.15, -0.1) is 0 Å². The van der Waals surface area contributed by atoms with E-state index < -0.39 is 0 Å². The molecule has 1 aromatic heterocycles. The van der Waals surface area contributed by atoms with Crippen LogP contribution in [-0.2, 0) is 6.42 Å². The van der Waals surface area contributed by atoms with E-state index in [1.54, 1.807) is 12.3 Å². The van der Waals surface area contributed by atoms with Crippen LogP contribution in [0.4, 0.5) is 5.82 Å². The number of ether oxygens (including phenoxy) is 1. The Hall–Kier alpha value is -2.53. The summed E-state index contributed by atoms with van der Waals surface area (Å²) in [6.07, 6.45) is 9.45. The lowest BCUT2D eigenvalue weighted by Gasteiger charge is -2.15. The Morgan fingerprint density at radius 2 is 2.04 bits per heavy atom. The molecule has 1 heterocycles. The highest BCUT2D eigenvalue weighted by atomic mass is 32.1. The molecule has 0 saturated heterocycles. The lowest BCUT2D eigenvalue weighted by atomic mass is 9.96. The summed E-state index contributed by atoms with van der Waals surface area (Å²) in [6, 6.07) is 7.98. The van der Waals surface area contributed by atoms with Crippen molar-refractivity contribution in [2.45, 2.75) is 53.4 Å². The molecule has 0 unspecified atom stereocenters.